The van der Waals surface area contributed by atoms with Gasteiger partial charge >= 0.3 is 5.69 Å². The van der Waals surface area contributed by atoms with E-state index in [1.807, 2.05) is 31.2 Å². The van der Waals surface area contributed by atoms with Crippen LogP contribution in [0.2, 0.25) is 0 Å². The Morgan fingerprint density at radius 1 is 1.06 bits per heavy atom. The van der Waals surface area contributed by atoms with Gasteiger partial charge in [-0.05, 0) is 42.3 Å². The van der Waals surface area contributed by atoms with Crippen molar-refractivity contribution in [3.8, 4) is 5.75 Å². The van der Waals surface area contributed by atoms with Crippen molar-refractivity contribution in [2.24, 2.45) is 0 Å². The fourth-order valence-electron chi connectivity index (χ4n) is 3.76. The Kier molecular flexibility index (Phi) is 5.26. The Labute approximate surface area is 189 Å². The smallest absolute Gasteiger partial charge is 0.326 e. The molecule has 168 valence electrons. The number of ether oxygens (including phenoxy) is 1. The minimum atomic E-state index is -3.89. The number of nitrogens with one attached hydrogen (secondary N) is 1. The topological polar surface area (TPSA) is 107 Å². The monoisotopic (exact) mass is 463 g/mol. The van der Waals surface area contributed by atoms with Crippen molar-refractivity contribution in [1.29, 1.82) is 0 Å². The van der Waals surface area contributed by atoms with Crippen LogP contribution < -0.4 is 10.4 Å². The molecule has 0 aliphatic heterocycles. The fourth-order valence-corrected chi connectivity index (χ4v) is 5.09. The molecule has 9 heteroatoms. The molecule has 0 aliphatic carbocycles. The lowest BCUT2D eigenvalue weighted by molar-refractivity contribution is 0.317. The summed E-state index contributed by atoms with van der Waals surface area (Å²) in [5.74, 6) is 0.736. The number of aromatic nitrogens is 3. The Bertz CT molecular complexity index is 1610. The zero-order valence-electron chi connectivity index (χ0n) is 17.8. The van der Waals surface area contributed by atoms with Crippen molar-refractivity contribution >= 4 is 31.8 Å². The summed E-state index contributed by atoms with van der Waals surface area (Å²) in [7, 11) is -3.89. The van der Waals surface area contributed by atoms with Gasteiger partial charge in [0, 0.05) is 6.07 Å². The second-order valence-corrected chi connectivity index (χ2v) is 9.55. The summed E-state index contributed by atoms with van der Waals surface area (Å²) in [4.78, 5) is 15.6. The number of H-pyrrole nitrogens is 1. The lowest BCUT2D eigenvalue weighted by atomic mass is 10.2. The molecule has 0 saturated carbocycles. The maximum absolute atomic E-state index is 13.1. The fraction of sp³-hybridized carbons (Fsp3) is 0.167. The molecule has 0 fully saturated rings. The average Bonchev–Trinajstić information content (AvgIpc) is 3.37. The van der Waals surface area contributed by atoms with Gasteiger partial charge in [-0.15, -0.1) is 0 Å². The first kappa shape index (κ1) is 21.0. The van der Waals surface area contributed by atoms with Gasteiger partial charge < -0.3 is 14.2 Å². The van der Waals surface area contributed by atoms with E-state index in [1.54, 1.807) is 34.9 Å². The third kappa shape index (κ3) is 3.80. The number of imidazole rings is 1. The number of nitrogens with zero attached hydrogens (tertiary/aromatic N) is 2. The summed E-state index contributed by atoms with van der Waals surface area (Å²) in [5.41, 5.74) is 1.94. The number of rotatable bonds is 7. The second-order valence-electron chi connectivity index (χ2n) is 7.68. The van der Waals surface area contributed by atoms with E-state index in [1.165, 1.54) is 12.1 Å². The summed E-state index contributed by atoms with van der Waals surface area (Å²) < 4.78 is 38.8. The number of fused-ring (bicyclic) bond motifs is 2. The van der Waals surface area contributed by atoms with E-state index in [0.29, 0.717) is 29.6 Å². The van der Waals surface area contributed by atoms with Gasteiger partial charge in [0.1, 0.15) is 5.75 Å². The first-order valence-electron chi connectivity index (χ1n) is 10.5. The molecule has 5 rings (SSSR count). The summed E-state index contributed by atoms with van der Waals surface area (Å²) in [6, 6.07) is 18.8. The predicted octanol–water partition coefficient (Wildman–Crippen LogP) is 4.14. The van der Waals surface area contributed by atoms with Crippen molar-refractivity contribution in [3.05, 3.63) is 82.8 Å². The van der Waals surface area contributed by atoms with Crippen LogP contribution in [0.5, 0.6) is 5.75 Å². The van der Waals surface area contributed by atoms with Gasteiger partial charge in [-0.2, -0.15) is 0 Å². The van der Waals surface area contributed by atoms with Crippen LogP contribution >= 0.6 is 0 Å². The van der Waals surface area contributed by atoms with Gasteiger partial charge in [-0.1, -0.05) is 42.4 Å². The van der Waals surface area contributed by atoms with E-state index in [9.17, 15) is 13.2 Å². The lowest BCUT2D eigenvalue weighted by Crippen LogP contribution is -2.17. The normalized spacial score (nSPS) is 11.9. The average molecular weight is 464 g/mol. The SMILES string of the molecule is CCCOc1cccc(Cn2c(=O)[nH]c3cc4onc(S(=O)(=O)c5ccccc5)c4cc32)c1. The lowest BCUT2D eigenvalue weighted by Gasteiger charge is -2.08. The van der Waals surface area contributed by atoms with Crippen molar-refractivity contribution < 1.29 is 17.7 Å². The van der Waals surface area contributed by atoms with Crippen LogP contribution in [0.3, 0.4) is 0 Å². The van der Waals surface area contributed by atoms with Gasteiger partial charge in [-0.25, -0.2) is 13.2 Å². The molecular weight excluding hydrogens is 442 g/mol. The predicted molar refractivity (Wildman–Crippen MR) is 123 cm³/mol. The summed E-state index contributed by atoms with van der Waals surface area (Å²) >= 11 is 0. The highest BCUT2D eigenvalue weighted by molar-refractivity contribution is 7.91. The van der Waals surface area contributed by atoms with E-state index in [-0.39, 0.29) is 21.2 Å². The zero-order valence-corrected chi connectivity index (χ0v) is 18.6. The van der Waals surface area contributed by atoms with Crippen LogP contribution in [-0.2, 0) is 16.4 Å². The molecule has 2 aromatic heterocycles. The van der Waals surface area contributed by atoms with E-state index in [2.05, 4.69) is 10.1 Å². The molecule has 0 bridgehead atoms. The molecule has 2 heterocycles. The quantitative estimate of drug-likeness (QED) is 0.389. The molecule has 33 heavy (non-hydrogen) atoms. The Morgan fingerprint density at radius 2 is 1.88 bits per heavy atom. The van der Waals surface area contributed by atoms with Crippen LogP contribution in [0.15, 0.2) is 86.0 Å². The van der Waals surface area contributed by atoms with Crippen molar-refractivity contribution in [2.75, 3.05) is 6.61 Å². The molecule has 0 aliphatic rings. The second kappa shape index (κ2) is 8.25. The minimum absolute atomic E-state index is 0.121. The molecule has 0 spiro atoms. The Hall–Kier alpha value is -3.85. The first-order chi connectivity index (χ1) is 16.0. The third-order valence-corrected chi connectivity index (χ3v) is 7.05. The number of aromatic amines is 1. The van der Waals surface area contributed by atoms with Crippen molar-refractivity contribution in [3.63, 3.8) is 0 Å². The third-order valence-electron chi connectivity index (χ3n) is 5.35. The van der Waals surface area contributed by atoms with Gasteiger partial charge in [-0.3, -0.25) is 4.57 Å². The molecule has 0 saturated heterocycles. The summed E-state index contributed by atoms with van der Waals surface area (Å²) in [6.45, 7) is 2.94. The number of hydrogen-bond acceptors (Lipinski definition) is 6. The molecular formula is C24H21N3O5S. The van der Waals surface area contributed by atoms with Crippen LogP contribution in [0.1, 0.15) is 18.9 Å². The largest absolute Gasteiger partial charge is 0.494 e. The summed E-state index contributed by atoms with van der Waals surface area (Å²) in [5, 5.41) is 3.98. The standard InChI is InChI=1S/C24H21N3O5S/c1-2-11-31-17-8-6-7-16(12-17)15-27-21-13-19-22(14-20(21)25-24(27)28)32-26-23(19)33(29,30)18-9-4-3-5-10-18/h3-10,12-14H,2,11,15H2,1H3,(H,25,28). The zero-order chi connectivity index (χ0) is 23.0. The van der Waals surface area contributed by atoms with E-state index < -0.39 is 9.84 Å². The molecule has 5 aromatic rings. The molecule has 3 aromatic carbocycles. The number of sulfone groups is 1. The molecule has 0 unspecified atom stereocenters. The molecule has 0 radical (unpaired) electrons. The highest BCUT2D eigenvalue weighted by Crippen LogP contribution is 2.30. The molecule has 0 atom stereocenters. The van der Waals surface area contributed by atoms with Crippen molar-refractivity contribution in [1.82, 2.24) is 14.7 Å². The minimum Gasteiger partial charge on any atom is -0.494 e. The molecule has 0 amide bonds. The number of hydrogen-bond donors (Lipinski definition) is 1. The van der Waals surface area contributed by atoms with Gasteiger partial charge in [0.25, 0.3) is 0 Å². The number of benzene rings is 3. The summed E-state index contributed by atoms with van der Waals surface area (Å²) in [6.07, 6.45) is 0.898. The van der Waals surface area contributed by atoms with Gasteiger partial charge in [0.05, 0.1) is 34.5 Å². The highest BCUT2D eigenvalue weighted by Gasteiger charge is 2.26. The maximum Gasteiger partial charge on any atom is 0.326 e. The van der Waals surface area contributed by atoms with Gasteiger partial charge in [0.15, 0.2) is 5.58 Å². The van der Waals surface area contributed by atoms with Crippen LogP contribution in [-0.4, -0.2) is 29.7 Å². The van der Waals surface area contributed by atoms with E-state index in [0.717, 1.165) is 17.7 Å². The highest BCUT2D eigenvalue weighted by atomic mass is 32.2. The molecule has 8 nitrogen and oxygen atoms in total. The Morgan fingerprint density at radius 3 is 2.67 bits per heavy atom. The van der Waals surface area contributed by atoms with E-state index in [4.69, 9.17) is 9.26 Å². The van der Waals surface area contributed by atoms with Crippen LogP contribution in [0.25, 0.3) is 22.0 Å². The Balaban J connectivity index is 1.60. The van der Waals surface area contributed by atoms with Crippen LogP contribution in [0, 0.1) is 0 Å². The van der Waals surface area contributed by atoms with Crippen LogP contribution in [0.4, 0.5) is 0 Å². The first-order valence-corrected chi connectivity index (χ1v) is 12.0. The van der Waals surface area contributed by atoms with Gasteiger partial charge in [0.2, 0.25) is 14.9 Å². The maximum atomic E-state index is 13.1. The van der Waals surface area contributed by atoms with E-state index >= 15 is 0 Å². The molecule has 1 N–H and O–H groups in total. The van der Waals surface area contributed by atoms with Crippen molar-refractivity contribution in [2.45, 2.75) is 29.8 Å².